The summed E-state index contributed by atoms with van der Waals surface area (Å²) in [6, 6.07) is 16.6. The third-order valence-corrected chi connectivity index (χ3v) is 6.32. The van der Waals surface area contributed by atoms with Gasteiger partial charge < -0.3 is 10.6 Å². The number of halogens is 3. The van der Waals surface area contributed by atoms with Crippen molar-refractivity contribution in [1.82, 2.24) is 0 Å². The van der Waals surface area contributed by atoms with E-state index in [4.69, 9.17) is 34.8 Å². The lowest BCUT2D eigenvalue weighted by atomic mass is 10.1. The van der Waals surface area contributed by atoms with E-state index >= 15 is 0 Å². The Bertz CT molecular complexity index is 1370. The van der Waals surface area contributed by atoms with Crippen molar-refractivity contribution in [3.63, 3.8) is 0 Å². The summed E-state index contributed by atoms with van der Waals surface area (Å²) in [7, 11) is 0. The minimum atomic E-state index is -0.683. The summed E-state index contributed by atoms with van der Waals surface area (Å²) >= 11 is 18.1. The van der Waals surface area contributed by atoms with Crippen LogP contribution in [0.15, 0.2) is 71.4 Å². The van der Waals surface area contributed by atoms with Gasteiger partial charge in [-0.2, -0.15) is 0 Å². The van der Waals surface area contributed by atoms with Crippen LogP contribution in [0.2, 0.25) is 10.0 Å². The number of hydrogen-bond donors (Lipinski definition) is 2. The molecule has 0 fully saturated rings. The minimum Gasteiger partial charge on any atom is -0.350 e. The zero-order valence-electron chi connectivity index (χ0n) is 18.1. The average molecular weight is 515 g/mol. The van der Waals surface area contributed by atoms with E-state index in [1.54, 1.807) is 24.3 Å². The van der Waals surface area contributed by atoms with Crippen molar-refractivity contribution >= 4 is 69.6 Å². The summed E-state index contributed by atoms with van der Waals surface area (Å²) < 4.78 is 0. The van der Waals surface area contributed by atoms with E-state index < -0.39 is 11.8 Å². The van der Waals surface area contributed by atoms with E-state index in [0.717, 1.165) is 21.7 Å². The van der Waals surface area contributed by atoms with Crippen LogP contribution in [0.5, 0.6) is 0 Å². The molecule has 1 aliphatic rings. The van der Waals surface area contributed by atoms with Crippen LogP contribution in [-0.2, 0) is 9.59 Å². The molecule has 0 atom stereocenters. The summed E-state index contributed by atoms with van der Waals surface area (Å²) in [4.78, 5) is 39.1. The summed E-state index contributed by atoms with van der Waals surface area (Å²) in [6.45, 7) is 3.91. The van der Waals surface area contributed by atoms with Crippen LogP contribution >= 0.6 is 34.8 Å². The Morgan fingerprint density at radius 1 is 0.824 bits per heavy atom. The van der Waals surface area contributed by atoms with Crippen molar-refractivity contribution < 1.29 is 14.4 Å². The predicted molar refractivity (Wildman–Crippen MR) is 136 cm³/mol. The van der Waals surface area contributed by atoms with E-state index in [9.17, 15) is 14.4 Å². The maximum absolute atomic E-state index is 12.9. The van der Waals surface area contributed by atoms with Gasteiger partial charge >= 0.3 is 0 Å². The van der Waals surface area contributed by atoms with Gasteiger partial charge in [-0.25, -0.2) is 4.90 Å². The number of nitrogens with zero attached hydrogens (tertiary/aromatic N) is 1. The number of hydrogen-bond acceptors (Lipinski definition) is 4. The fourth-order valence-electron chi connectivity index (χ4n) is 3.47. The number of nitrogens with one attached hydrogen (secondary N) is 2. The molecule has 6 nitrogen and oxygen atoms in total. The van der Waals surface area contributed by atoms with Gasteiger partial charge in [0.2, 0.25) is 0 Å². The van der Waals surface area contributed by atoms with Gasteiger partial charge in [-0.3, -0.25) is 14.4 Å². The molecule has 0 aliphatic carbocycles. The second-order valence-electron chi connectivity index (χ2n) is 7.71. The highest BCUT2D eigenvalue weighted by Crippen LogP contribution is 2.33. The maximum atomic E-state index is 12.9. The number of anilines is 3. The standard InChI is InChI=1S/C25H18Cl3N3O3/c1-13-3-10-20(14(2)11-13)30-23(32)15-4-6-16(7-5-15)29-22-21(28)24(33)31(25(22)34)17-8-9-18(26)19(27)12-17/h3-12,29H,1-2H3,(H,30,32). The molecule has 0 saturated heterocycles. The van der Waals surface area contributed by atoms with E-state index in [2.05, 4.69) is 10.6 Å². The minimum absolute atomic E-state index is 0.0785. The Morgan fingerprint density at radius 3 is 2.18 bits per heavy atom. The van der Waals surface area contributed by atoms with Crippen LogP contribution in [0, 0.1) is 13.8 Å². The molecule has 0 aromatic heterocycles. The van der Waals surface area contributed by atoms with E-state index in [1.165, 1.54) is 18.2 Å². The van der Waals surface area contributed by atoms with Crippen LogP contribution in [0.1, 0.15) is 21.5 Å². The average Bonchev–Trinajstić information content (AvgIpc) is 3.01. The molecule has 0 bridgehead atoms. The number of rotatable bonds is 5. The third-order valence-electron chi connectivity index (χ3n) is 5.24. The van der Waals surface area contributed by atoms with Gasteiger partial charge in [0, 0.05) is 16.9 Å². The molecular formula is C25H18Cl3N3O3. The highest BCUT2D eigenvalue weighted by Gasteiger charge is 2.39. The van der Waals surface area contributed by atoms with Gasteiger partial charge in [0.1, 0.15) is 10.7 Å². The van der Waals surface area contributed by atoms with Crippen molar-refractivity contribution in [2.24, 2.45) is 0 Å². The number of carbonyl (C=O) groups is 3. The largest absolute Gasteiger partial charge is 0.350 e. The third kappa shape index (κ3) is 4.66. The second-order valence-corrected chi connectivity index (χ2v) is 8.90. The Hall–Kier alpha value is -3.32. The van der Waals surface area contributed by atoms with Gasteiger partial charge in [0.05, 0.1) is 15.7 Å². The molecule has 4 rings (SSSR count). The van der Waals surface area contributed by atoms with Crippen LogP contribution in [0.25, 0.3) is 0 Å². The fraction of sp³-hybridized carbons (Fsp3) is 0.0800. The van der Waals surface area contributed by atoms with E-state index in [-0.39, 0.29) is 27.3 Å². The van der Waals surface area contributed by atoms with Crippen molar-refractivity contribution in [3.8, 4) is 0 Å². The number of carbonyl (C=O) groups excluding carboxylic acids is 3. The van der Waals surface area contributed by atoms with Crippen molar-refractivity contribution in [1.29, 1.82) is 0 Å². The Balaban J connectivity index is 1.49. The first kappa shape index (κ1) is 23.8. The van der Waals surface area contributed by atoms with E-state index in [0.29, 0.717) is 16.3 Å². The van der Waals surface area contributed by atoms with Crippen LogP contribution in [-0.4, -0.2) is 17.7 Å². The molecule has 34 heavy (non-hydrogen) atoms. The topological polar surface area (TPSA) is 78.5 Å². The lowest BCUT2D eigenvalue weighted by Crippen LogP contribution is -2.32. The molecule has 0 spiro atoms. The van der Waals surface area contributed by atoms with Crippen molar-refractivity contribution in [3.05, 3.63) is 98.1 Å². The van der Waals surface area contributed by atoms with Gasteiger partial charge in [-0.1, -0.05) is 52.5 Å². The molecular weight excluding hydrogens is 497 g/mol. The molecule has 9 heteroatoms. The first-order valence-corrected chi connectivity index (χ1v) is 11.3. The monoisotopic (exact) mass is 513 g/mol. The van der Waals surface area contributed by atoms with Gasteiger partial charge in [0.25, 0.3) is 17.7 Å². The van der Waals surface area contributed by atoms with Crippen LogP contribution in [0.3, 0.4) is 0 Å². The molecule has 172 valence electrons. The van der Waals surface area contributed by atoms with Gasteiger partial charge in [0.15, 0.2) is 0 Å². The molecule has 0 radical (unpaired) electrons. The molecule has 2 N–H and O–H groups in total. The van der Waals surface area contributed by atoms with Crippen molar-refractivity contribution in [2.45, 2.75) is 13.8 Å². The molecule has 3 aromatic carbocycles. The smallest absolute Gasteiger partial charge is 0.283 e. The van der Waals surface area contributed by atoms with Gasteiger partial charge in [-0.05, 0) is 67.9 Å². The number of imide groups is 1. The lowest BCUT2D eigenvalue weighted by molar-refractivity contribution is -0.120. The number of benzene rings is 3. The summed E-state index contributed by atoms with van der Waals surface area (Å²) in [5.41, 5.74) is 3.88. The van der Waals surface area contributed by atoms with Crippen LogP contribution in [0.4, 0.5) is 17.1 Å². The molecule has 0 saturated carbocycles. The van der Waals surface area contributed by atoms with Gasteiger partial charge in [-0.15, -0.1) is 0 Å². The molecule has 3 aromatic rings. The number of amides is 3. The Labute approximate surface area is 211 Å². The highest BCUT2D eigenvalue weighted by molar-refractivity contribution is 6.53. The second kappa shape index (κ2) is 9.50. The quantitative estimate of drug-likeness (QED) is 0.392. The maximum Gasteiger partial charge on any atom is 0.283 e. The fourth-order valence-corrected chi connectivity index (χ4v) is 3.97. The summed E-state index contributed by atoms with van der Waals surface area (Å²) in [6.07, 6.45) is 0. The molecule has 1 aliphatic heterocycles. The summed E-state index contributed by atoms with van der Waals surface area (Å²) in [5, 5.41) is 6.00. The Kier molecular flexibility index (Phi) is 6.66. The zero-order chi connectivity index (χ0) is 24.6. The molecule has 0 unspecified atom stereocenters. The van der Waals surface area contributed by atoms with E-state index in [1.807, 2.05) is 32.0 Å². The molecule has 3 amide bonds. The Morgan fingerprint density at radius 2 is 1.53 bits per heavy atom. The van der Waals surface area contributed by atoms with Crippen molar-refractivity contribution in [2.75, 3.05) is 15.5 Å². The first-order chi connectivity index (χ1) is 16.2. The highest BCUT2D eigenvalue weighted by atomic mass is 35.5. The molecule has 1 heterocycles. The normalized spacial score (nSPS) is 13.5. The van der Waals surface area contributed by atoms with Crippen LogP contribution < -0.4 is 15.5 Å². The lowest BCUT2D eigenvalue weighted by Gasteiger charge is -2.16. The first-order valence-electron chi connectivity index (χ1n) is 10.1. The predicted octanol–water partition coefficient (Wildman–Crippen LogP) is 6.30. The zero-order valence-corrected chi connectivity index (χ0v) is 20.3. The SMILES string of the molecule is Cc1ccc(NC(=O)c2ccc(NC3=C(Cl)C(=O)N(c4ccc(Cl)c(Cl)c4)C3=O)cc2)c(C)c1. The number of aryl methyl sites for hydroxylation is 2. The summed E-state index contributed by atoms with van der Waals surface area (Å²) in [5.74, 6) is -1.59.